The average Bonchev–Trinajstić information content (AvgIpc) is 3.12. The molecule has 2 aliphatic rings. The minimum absolute atomic E-state index is 0.00809. The van der Waals surface area contributed by atoms with Gasteiger partial charge in [0.15, 0.2) is 0 Å². The molecule has 2 unspecified atom stereocenters. The molecule has 2 aromatic rings. The van der Waals surface area contributed by atoms with E-state index < -0.39 is 18.1 Å². The maximum atomic E-state index is 13.0. The Labute approximate surface area is 206 Å². The fourth-order valence-electron chi connectivity index (χ4n) is 5.05. The first-order valence-corrected chi connectivity index (χ1v) is 12.5. The van der Waals surface area contributed by atoms with Crippen LogP contribution >= 0.6 is 0 Å². The van der Waals surface area contributed by atoms with Gasteiger partial charge in [-0.25, -0.2) is 4.79 Å². The van der Waals surface area contributed by atoms with Crippen molar-refractivity contribution in [1.82, 2.24) is 10.6 Å². The van der Waals surface area contributed by atoms with E-state index in [1.807, 2.05) is 38.1 Å². The van der Waals surface area contributed by atoms with Crippen molar-refractivity contribution >= 4 is 18.0 Å². The maximum Gasteiger partial charge on any atom is 0.407 e. The number of benzene rings is 2. The number of alkyl carbamates (subject to hydrolysis) is 1. The summed E-state index contributed by atoms with van der Waals surface area (Å²) in [7, 11) is 0. The summed E-state index contributed by atoms with van der Waals surface area (Å²) < 4.78 is 5.65. The summed E-state index contributed by atoms with van der Waals surface area (Å²) >= 11 is 0. The maximum absolute atomic E-state index is 13.0. The smallest absolute Gasteiger partial charge is 0.407 e. The van der Waals surface area contributed by atoms with E-state index in [0.717, 1.165) is 41.5 Å². The predicted octanol–water partition coefficient (Wildman–Crippen LogP) is 4.56. The molecule has 4 rings (SSSR count). The molecule has 2 amide bonds. The number of carboxylic acid groups (broad SMARTS) is 1. The molecule has 3 N–H and O–H groups in total. The van der Waals surface area contributed by atoms with Crippen molar-refractivity contribution in [2.75, 3.05) is 13.2 Å². The lowest BCUT2D eigenvalue weighted by atomic mass is 9.79. The van der Waals surface area contributed by atoms with Gasteiger partial charge in [-0.15, -0.1) is 0 Å². The lowest BCUT2D eigenvalue weighted by Crippen LogP contribution is -2.53. The molecule has 0 spiro atoms. The van der Waals surface area contributed by atoms with Gasteiger partial charge >= 0.3 is 12.1 Å². The molecule has 0 aromatic heterocycles. The lowest BCUT2D eigenvalue weighted by molar-refractivity contribution is -0.138. The first-order valence-electron chi connectivity index (χ1n) is 12.5. The average molecular weight is 479 g/mol. The topological polar surface area (TPSA) is 105 Å². The highest BCUT2D eigenvalue weighted by Crippen LogP contribution is 2.44. The molecular formula is C28H34N2O5. The highest BCUT2D eigenvalue weighted by molar-refractivity contribution is 5.86. The molecule has 2 aliphatic carbocycles. The van der Waals surface area contributed by atoms with Gasteiger partial charge in [-0.1, -0.05) is 68.8 Å². The minimum atomic E-state index is -0.884. The Morgan fingerprint density at radius 3 is 2.11 bits per heavy atom. The van der Waals surface area contributed by atoms with E-state index in [-0.39, 0.29) is 49.2 Å². The number of hydrogen-bond acceptors (Lipinski definition) is 4. The fourth-order valence-corrected chi connectivity index (χ4v) is 5.05. The number of rotatable bonds is 10. The van der Waals surface area contributed by atoms with E-state index in [9.17, 15) is 14.4 Å². The Morgan fingerprint density at radius 1 is 1.00 bits per heavy atom. The van der Waals surface area contributed by atoms with Crippen LogP contribution in [0.5, 0.6) is 0 Å². The van der Waals surface area contributed by atoms with Gasteiger partial charge in [-0.05, 0) is 52.8 Å². The number of carboxylic acids is 1. The normalized spacial score (nSPS) is 16.5. The van der Waals surface area contributed by atoms with Crippen LogP contribution in [0.1, 0.15) is 56.6 Å². The summed E-state index contributed by atoms with van der Waals surface area (Å²) in [5.74, 6) is -1.21. The number of nitrogens with one attached hydrogen (secondary N) is 2. The largest absolute Gasteiger partial charge is 0.481 e. The van der Waals surface area contributed by atoms with Crippen LogP contribution in [0.25, 0.3) is 11.1 Å². The molecule has 2 aromatic carbocycles. The molecule has 0 aliphatic heterocycles. The van der Waals surface area contributed by atoms with Crippen molar-refractivity contribution in [3.8, 4) is 11.1 Å². The van der Waals surface area contributed by atoms with Crippen molar-refractivity contribution in [3.05, 3.63) is 59.7 Å². The highest BCUT2D eigenvalue weighted by Gasteiger charge is 2.35. The van der Waals surface area contributed by atoms with E-state index in [1.165, 1.54) is 0 Å². The zero-order valence-corrected chi connectivity index (χ0v) is 20.3. The molecule has 35 heavy (non-hydrogen) atoms. The quantitative estimate of drug-likeness (QED) is 0.464. The standard InChI is InChI=1S/C28H34N2O5/c1-17(2)19(14-25(31)32)15-29-27(33)26(18-8-7-9-18)30-28(34)35-16-24-22-12-5-3-10-20(22)21-11-4-6-13-23(21)24/h3-6,10-13,17-19,24,26H,7-9,14-16H2,1-2H3,(H,29,33)(H,30,34)(H,31,32). The third-order valence-corrected chi connectivity index (χ3v) is 7.44. The second-order valence-electron chi connectivity index (χ2n) is 9.99. The molecule has 186 valence electrons. The molecule has 1 fully saturated rings. The molecular weight excluding hydrogens is 444 g/mol. The van der Waals surface area contributed by atoms with Crippen molar-refractivity contribution in [1.29, 1.82) is 0 Å². The third-order valence-electron chi connectivity index (χ3n) is 7.44. The number of carbonyl (C=O) groups is 3. The molecule has 0 saturated heterocycles. The van der Waals surface area contributed by atoms with Crippen LogP contribution < -0.4 is 10.6 Å². The molecule has 0 heterocycles. The number of fused-ring (bicyclic) bond motifs is 3. The Balaban J connectivity index is 1.37. The van der Waals surface area contributed by atoms with Crippen LogP contribution in [-0.4, -0.2) is 42.3 Å². The third kappa shape index (κ3) is 5.66. The molecule has 7 nitrogen and oxygen atoms in total. The number of amides is 2. The Bertz CT molecular complexity index is 1030. The second-order valence-corrected chi connectivity index (χ2v) is 9.99. The van der Waals surface area contributed by atoms with Crippen molar-refractivity contribution in [2.45, 2.75) is 51.5 Å². The van der Waals surface area contributed by atoms with Crippen LogP contribution in [0.3, 0.4) is 0 Å². The zero-order valence-electron chi connectivity index (χ0n) is 20.3. The summed E-state index contributed by atoms with van der Waals surface area (Å²) in [6, 6.07) is 15.6. The molecule has 0 bridgehead atoms. The molecule has 7 heteroatoms. The van der Waals surface area contributed by atoms with E-state index in [2.05, 4.69) is 34.9 Å². The van der Waals surface area contributed by atoms with Gasteiger partial charge in [0.2, 0.25) is 5.91 Å². The van der Waals surface area contributed by atoms with Gasteiger partial charge in [0.1, 0.15) is 12.6 Å². The number of ether oxygens (including phenoxy) is 1. The Kier molecular flexibility index (Phi) is 7.73. The number of aliphatic carboxylic acids is 1. The van der Waals surface area contributed by atoms with Gasteiger partial charge in [0.25, 0.3) is 0 Å². The molecule has 2 atom stereocenters. The summed E-state index contributed by atoms with van der Waals surface area (Å²) in [5, 5.41) is 14.8. The van der Waals surface area contributed by atoms with E-state index in [4.69, 9.17) is 9.84 Å². The minimum Gasteiger partial charge on any atom is -0.481 e. The van der Waals surface area contributed by atoms with E-state index >= 15 is 0 Å². The fraction of sp³-hybridized carbons (Fsp3) is 0.464. The molecule has 1 saturated carbocycles. The first-order chi connectivity index (χ1) is 16.8. The summed E-state index contributed by atoms with van der Waals surface area (Å²) in [6.45, 7) is 4.33. The van der Waals surface area contributed by atoms with Crippen LogP contribution in [0, 0.1) is 17.8 Å². The summed E-state index contributed by atoms with van der Waals surface area (Å²) in [4.78, 5) is 36.9. The van der Waals surface area contributed by atoms with E-state index in [1.54, 1.807) is 0 Å². The van der Waals surface area contributed by atoms with Crippen molar-refractivity contribution < 1.29 is 24.2 Å². The van der Waals surface area contributed by atoms with Gasteiger partial charge in [-0.3, -0.25) is 9.59 Å². The van der Waals surface area contributed by atoms with Crippen LogP contribution in [-0.2, 0) is 14.3 Å². The number of carbonyl (C=O) groups excluding carboxylic acids is 2. The van der Waals surface area contributed by atoms with Gasteiger partial charge < -0.3 is 20.5 Å². The molecule has 0 radical (unpaired) electrons. The van der Waals surface area contributed by atoms with Gasteiger partial charge in [0, 0.05) is 12.5 Å². The Hall–Kier alpha value is -3.35. The summed E-state index contributed by atoms with van der Waals surface area (Å²) in [6.07, 6.45) is 2.14. The monoisotopic (exact) mass is 478 g/mol. The van der Waals surface area contributed by atoms with E-state index in [0.29, 0.717) is 0 Å². The van der Waals surface area contributed by atoms with Gasteiger partial charge in [-0.2, -0.15) is 0 Å². The van der Waals surface area contributed by atoms with Crippen LogP contribution in [0.15, 0.2) is 48.5 Å². The number of hydrogen-bond donors (Lipinski definition) is 3. The lowest BCUT2D eigenvalue weighted by Gasteiger charge is -2.33. The predicted molar refractivity (Wildman–Crippen MR) is 133 cm³/mol. The van der Waals surface area contributed by atoms with Crippen LogP contribution in [0.2, 0.25) is 0 Å². The highest BCUT2D eigenvalue weighted by atomic mass is 16.5. The van der Waals surface area contributed by atoms with Gasteiger partial charge in [0.05, 0.1) is 6.42 Å². The second kappa shape index (κ2) is 10.9. The first kappa shape index (κ1) is 24.8. The SMILES string of the molecule is CC(C)C(CNC(=O)C(NC(=O)OCC1c2ccccc2-c2ccccc21)C1CCC1)CC(=O)O. The summed E-state index contributed by atoms with van der Waals surface area (Å²) in [5.41, 5.74) is 4.58. The van der Waals surface area contributed by atoms with Crippen LogP contribution in [0.4, 0.5) is 4.79 Å². The van der Waals surface area contributed by atoms with Crippen molar-refractivity contribution in [2.24, 2.45) is 17.8 Å². The Morgan fingerprint density at radius 2 is 1.60 bits per heavy atom. The van der Waals surface area contributed by atoms with Crippen molar-refractivity contribution in [3.63, 3.8) is 0 Å². The zero-order chi connectivity index (χ0) is 24.9.